The van der Waals surface area contributed by atoms with E-state index < -0.39 is 0 Å². The van der Waals surface area contributed by atoms with Gasteiger partial charge in [0.15, 0.2) is 0 Å². The van der Waals surface area contributed by atoms with Gasteiger partial charge in [-0.25, -0.2) is 9.37 Å². The van der Waals surface area contributed by atoms with E-state index in [2.05, 4.69) is 9.88 Å². The van der Waals surface area contributed by atoms with Crippen molar-refractivity contribution in [3.05, 3.63) is 65.7 Å². The van der Waals surface area contributed by atoms with Gasteiger partial charge in [0.1, 0.15) is 5.82 Å². The van der Waals surface area contributed by atoms with Gasteiger partial charge in [0.2, 0.25) is 0 Å². The van der Waals surface area contributed by atoms with Gasteiger partial charge in [-0.1, -0.05) is 31.0 Å². The van der Waals surface area contributed by atoms with Crippen LogP contribution in [-0.2, 0) is 6.54 Å². The number of hydrogen-bond donors (Lipinski definition) is 0. The number of carbonyl (C=O) groups excluding carboxylic acids is 1. The lowest BCUT2D eigenvalue weighted by Crippen LogP contribution is -2.48. The van der Waals surface area contributed by atoms with E-state index in [-0.39, 0.29) is 17.8 Å². The maximum Gasteiger partial charge on any atom is 0.253 e. The van der Waals surface area contributed by atoms with Crippen LogP contribution in [-0.4, -0.2) is 57.5 Å². The van der Waals surface area contributed by atoms with E-state index in [0.29, 0.717) is 17.7 Å². The smallest absolute Gasteiger partial charge is 0.253 e. The molecule has 0 atom stereocenters. The lowest BCUT2D eigenvalue weighted by atomic mass is 10.00. The molecule has 2 fully saturated rings. The Morgan fingerprint density at radius 3 is 2.59 bits per heavy atom. The molecule has 168 valence electrons. The summed E-state index contributed by atoms with van der Waals surface area (Å²) in [6.07, 6.45) is 9.05. The summed E-state index contributed by atoms with van der Waals surface area (Å²) in [7, 11) is 1.86. The van der Waals surface area contributed by atoms with Crippen LogP contribution in [0.4, 0.5) is 4.39 Å². The number of amides is 1. The minimum Gasteiger partial charge on any atom is -0.339 e. The molecule has 2 heterocycles. The van der Waals surface area contributed by atoms with Crippen molar-refractivity contribution in [2.24, 2.45) is 0 Å². The van der Waals surface area contributed by atoms with Crippen LogP contribution in [0.1, 0.15) is 54.4 Å². The highest BCUT2D eigenvalue weighted by atomic mass is 19.1. The molecule has 5 nitrogen and oxygen atoms in total. The van der Waals surface area contributed by atoms with Crippen LogP contribution in [0.25, 0.3) is 11.0 Å². The van der Waals surface area contributed by atoms with Crippen molar-refractivity contribution >= 4 is 16.9 Å². The Morgan fingerprint density at radius 1 is 1.09 bits per heavy atom. The summed E-state index contributed by atoms with van der Waals surface area (Å²) in [4.78, 5) is 21.9. The third-order valence-corrected chi connectivity index (χ3v) is 7.38. The van der Waals surface area contributed by atoms with Gasteiger partial charge in [-0.2, -0.15) is 0 Å². The van der Waals surface area contributed by atoms with E-state index in [0.717, 1.165) is 43.0 Å². The van der Waals surface area contributed by atoms with Crippen LogP contribution in [0.3, 0.4) is 0 Å². The number of piperidine rings is 1. The second-order valence-electron chi connectivity index (χ2n) is 9.29. The van der Waals surface area contributed by atoms with Gasteiger partial charge in [-0.3, -0.25) is 4.79 Å². The van der Waals surface area contributed by atoms with Gasteiger partial charge in [0, 0.05) is 43.3 Å². The van der Waals surface area contributed by atoms with Crippen molar-refractivity contribution in [3.63, 3.8) is 0 Å². The molecule has 1 saturated carbocycles. The SMILES string of the molecule is CN(C(=O)c1ccc(Cn2cnc3ccccc32)c(F)c1)C1CCN(C2CCCC2)CC1. The molecule has 2 aromatic carbocycles. The zero-order valence-electron chi connectivity index (χ0n) is 18.7. The molecule has 2 aliphatic rings. The quantitative estimate of drug-likeness (QED) is 0.584. The summed E-state index contributed by atoms with van der Waals surface area (Å²) in [5, 5.41) is 0. The molecule has 0 unspecified atom stereocenters. The number of nitrogens with zero attached hydrogens (tertiary/aromatic N) is 4. The maximum atomic E-state index is 14.9. The lowest BCUT2D eigenvalue weighted by molar-refractivity contribution is 0.0598. The molecule has 5 rings (SSSR count). The number of imidazole rings is 1. The Hall–Kier alpha value is -2.73. The molecule has 32 heavy (non-hydrogen) atoms. The summed E-state index contributed by atoms with van der Waals surface area (Å²) in [6, 6.07) is 13.6. The first-order chi connectivity index (χ1) is 15.6. The summed E-state index contributed by atoms with van der Waals surface area (Å²) >= 11 is 0. The van der Waals surface area contributed by atoms with Crippen molar-refractivity contribution < 1.29 is 9.18 Å². The van der Waals surface area contributed by atoms with Crippen LogP contribution in [0.5, 0.6) is 0 Å². The number of halogens is 1. The van der Waals surface area contributed by atoms with Gasteiger partial charge < -0.3 is 14.4 Å². The van der Waals surface area contributed by atoms with Crippen molar-refractivity contribution in [1.82, 2.24) is 19.4 Å². The fourth-order valence-corrected chi connectivity index (χ4v) is 5.41. The second-order valence-corrected chi connectivity index (χ2v) is 9.29. The molecule has 6 heteroatoms. The topological polar surface area (TPSA) is 41.4 Å². The van der Waals surface area contributed by atoms with E-state index in [1.165, 1.54) is 31.7 Å². The Morgan fingerprint density at radius 2 is 1.84 bits per heavy atom. The monoisotopic (exact) mass is 434 g/mol. The van der Waals surface area contributed by atoms with E-state index in [4.69, 9.17) is 0 Å². The zero-order valence-corrected chi connectivity index (χ0v) is 18.7. The number of hydrogen-bond acceptors (Lipinski definition) is 3. The predicted octanol–water partition coefficient (Wildman–Crippen LogP) is 4.70. The molecule has 0 radical (unpaired) electrons. The minimum atomic E-state index is -0.349. The largest absolute Gasteiger partial charge is 0.339 e. The van der Waals surface area contributed by atoms with E-state index >= 15 is 0 Å². The Balaban J connectivity index is 1.24. The van der Waals surface area contributed by atoms with Crippen LogP contribution in [0, 0.1) is 5.82 Å². The number of carbonyl (C=O) groups is 1. The van der Waals surface area contributed by atoms with Crippen molar-refractivity contribution in [2.75, 3.05) is 20.1 Å². The van der Waals surface area contributed by atoms with E-state index in [1.54, 1.807) is 18.5 Å². The molecular weight excluding hydrogens is 403 g/mol. The average molecular weight is 435 g/mol. The second kappa shape index (κ2) is 9.02. The van der Waals surface area contributed by atoms with Gasteiger partial charge in [-0.15, -0.1) is 0 Å². The van der Waals surface area contributed by atoms with Gasteiger partial charge >= 0.3 is 0 Å². The highest BCUT2D eigenvalue weighted by Crippen LogP contribution is 2.27. The molecule has 3 aromatic rings. The van der Waals surface area contributed by atoms with Crippen LogP contribution in [0.15, 0.2) is 48.8 Å². The first-order valence-electron chi connectivity index (χ1n) is 11.8. The predicted molar refractivity (Wildman–Crippen MR) is 124 cm³/mol. The normalized spacial score (nSPS) is 18.4. The summed E-state index contributed by atoms with van der Waals surface area (Å²) in [5.74, 6) is -0.444. The summed E-state index contributed by atoms with van der Waals surface area (Å²) in [5.41, 5.74) is 2.83. The first kappa shape index (κ1) is 21.1. The fraction of sp³-hybridized carbons (Fsp3) is 0.462. The highest BCUT2D eigenvalue weighted by molar-refractivity contribution is 5.94. The summed E-state index contributed by atoms with van der Waals surface area (Å²) < 4.78 is 16.9. The van der Waals surface area contributed by atoms with Crippen LogP contribution >= 0.6 is 0 Å². The Bertz CT molecular complexity index is 1100. The highest BCUT2D eigenvalue weighted by Gasteiger charge is 2.30. The molecule has 0 bridgehead atoms. The number of benzene rings is 2. The minimum absolute atomic E-state index is 0.0946. The molecule has 0 N–H and O–H groups in total. The molecule has 1 aromatic heterocycles. The average Bonchev–Trinajstić information content (AvgIpc) is 3.50. The Labute approximate surface area is 188 Å². The van der Waals surface area contributed by atoms with Crippen LogP contribution < -0.4 is 0 Å². The van der Waals surface area contributed by atoms with E-state index in [9.17, 15) is 9.18 Å². The number of rotatable bonds is 5. The third-order valence-electron chi connectivity index (χ3n) is 7.38. The molecule has 1 aliphatic carbocycles. The maximum absolute atomic E-state index is 14.9. The van der Waals surface area contributed by atoms with E-state index in [1.807, 2.05) is 40.8 Å². The number of para-hydroxylation sites is 2. The fourth-order valence-electron chi connectivity index (χ4n) is 5.41. The number of fused-ring (bicyclic) bond motifs is 1. The molecular formula is C26H31FN4O. The molecule has 1 aliphatic heterocycles. The number of likely N-dealkylation sites (tertiary alicyclic amines) is 1. The van der Waals surface area contributed by atoms with Gasteiger partial charge in [-0.05, 0) is 49.9 Å². The van der Waals surface area contributed by atoms with Crippen LogP contribution in [0.2, 0.25) is 0 Å². The zero-order chi connectivity index (χ0) is 22.1. The molecule has 1 amide bonds. The van der Waals surface area contributed by atoms with Crippen molar-refractivity contribution in [2.45, 2.75) is 57.2 Å². The van der Waals surface area contributed by atoms with Crippen molar-refractivity contribution in [1.29, 1.82) is 0 Å². The Kier molecular flexibility index (Phi) is 5.96. The van der Waals surface area contributed by atoms with Gasteiger partial charge in [0.05, 0.1) is 23.9 Å². The summed E-state index contributed by atoms with van der Waals surface area (Å²) in [6.45, 7) is 2.49. The first-order valence-corrected chi connectivity index (χ1v) is 11.8. The third kappa shape index (κ3) is 4.16. The van der Waals surface area contributed by atoms with Crippen molar-refractivity contribution in [3.8, 4) is 0 Å². The van der Waals surface area contributed by atoms with Gasteiger partial charge in [0.25, 0.3) is 5.91 Å². The molecule has 0 spiro atoms. The lowest BCUT2D eigenvalue weighted by Gasteiger charge is -2.39. The standard InChI is InChI=1S/C26H31FN4O/c1-29(21-12-14-30(15-13-21)22-6-2-3-7-22)26(32)19-10-11-20(23(27)16-19)17-31-18-28-24-8-4-5-9-25(24)31/h4-5,8-11,16,18,21-22H,2-3,6-7,12-15,17H2,1H3. The number of aromatic nitrogens is 2. The molecule has 1 saturated heterocycles.